The molecule has 0 N–H and O–H groups in total. The maximum Gasteiger partial charge on any atom is 0.338 e. The van der Waals surface area contributed by atoms with Gasteiger partial charge in [0.15, 0.2) is 10.1 Å². The van der Waals surface area contributed by atoms with Crippen LogP contribution in [0.4, 0.5) is 5.69 Å². The molecule has 93 heavy (non-hydrogen) atoms. The SMILES string of the molecule is C=C(C)C(=O)Oc1ccc(OC(=O)/C=C/c2ccco2)cc1.C=CC(=O)N(C)c1ccc(OC(=O)/C=C/c2ccccc2)cc1Br.C=CC(=O)Oc1ccc(OC(=O)/C=C/c2ccc3ccccc3c2)cc1.C=CC(=O)Oc1ccc(OC(=O)/C=C/c2ccccc2)s1. The molecule has 0 saturated heterocycles. The van der Waals surface area contributed by atoms with Gasteiger partial charge in [0.05, 0.1) is 12.0 Å². The Morgan fingerprint density at radius 3 is 1.34 bits per heavy atom. The van der Waals surface area contributed by atoms with E-state index in [9.17, 15) is 38.4 Å². The van der Waals surface area contributed by atoms with Crippen molar-refractivity contribution in [3.05, 3.63) is 302 Å². The van der Waals surface area contributed by atoms with Crippen LogP contribution in [0.3, 0.4) is 0 Å². The molecule has 0 unspecified atom stereocenters. The second-order valence-corrected chi connectivity index (χ2v) is 20.5. The number of rotatable bonds is 20. The van der Waals surface area contributed by atoms with Crippen molar-refractivity contribution in [2.75, 3.05) is 11.9 Å². The number of benzene rings is 7. The van der Waals surface area contributed by atoms with E-state index in [1.807, 2.05) is 103 Å². The summed E-state index contributed by atoms with van der Waals surface area (Å²) >= 11 is 4.43. The Morgan fingerprint density at radius 2 is 0.860 bits per heavy atom. The van der Waals surface area contributed by atoms with Gasteiger partial charge >= 0.3 is 41.8 Å². The molecule has 0 radical (unpaired) electrons. The fraction of sp³-hybridized carbons (Fsp3) is 0.0270. The first-order chi connectivity index (χ1) is 44.9. The zero-order valence-electron chi connectivity index (χ0n) is 50.0. The summed E-state index contributed by atoms with van der Waals surface area (Å²) in [5, 5.41) is 2.94. The van der Waals surface area contributed by atoms with Crippen molar-refractivity contribution in [2.45, 2.75) is 6.92 Å². The van der Waals surface area contributed by atoms with Crippen LogP contribution in [0, 0.1) is 0 Å². The minimum absolute atomic E-state index is 0.230. The normalized spacial score (nSPS) is 10.4. The lowest BCUT2D eigenvalue weighted by molar-refractivity contribution is -0.130. The van der Waals surface area contributed by atoms with E-state index in [1.54, 1.807) is 86.8 Å². The lowest BCUT2D eigenvalue weighted by Gasteiger charge is -2.17. The van der Waals surface area contributed by atoms with E-state index < -0.39 is 41.8 Å². The number of carbonyl (C=O) groups excluding carboxylic acids is 8. The Balaban J connectivity index is 0.000000197. The highest BCUT2D eigenvalue weighted by molar-refractivity contribution is 9.10. The second kappa shape index (κ2) is 37.1. The first kappa shape index (κ1) is 70.0. The third kappa shape index (κ3) is 25.2. The van der Waals surface area contributed by atoms with Crippen molar-refractivity contribution in [1.82, 2.24) is 0 Å². The van der Waals surface area contributed by atoms with Gasteiger partial charge in [0, 0.05) is 53.5 Å². The third-order valence-electron chi connectivity index (χ3n) is 11.7. The van der Waals surface area contributed by atoms with Crippen LogP contribution in [-0.4, -0.2) is 54.7 Å². The molecule has 19 heteroatoms. The summed E-state index contributed by atoms with van der Waals surface area (Å²) in [6, 6.07) is 56.6. The molecule has 0 atom stereocenters. The summed E-state index contributed by atoms with van der Waals surface area (Å²) in [6.45, 7) is 15.1. The van der Waals surface area contributed by atoms with Gasteiger partial charge in [-0.2, -0.15) is 0 Å². The maximum absolute atomic E-state index is 12.0. The van der Waals surface area contributed by atoms with Gasteiger partial charge in [0.2, 0.25) is 5.91 Å². The van der Waals surface area contributed by atoms with Crippen LogP contribution in [0.1, 0.15) is 29.4 Å². The van der Waals surface area contributed by atoms with Gasteiger partial charge in [-0.15, -0.1) is 0 Å². The quantitative estimate of drug-likeness (QED) is 0.0394. The van der Waals surface area contributed by atoms with Crippen LogP contribution in [0.2, 0.25) is 0 Å². The summed E-state index contributed by atoms with van der Waals surface area (Å²) in [5.74, 6) is -1.52. The Kier molecular flexibility index (Phi) is 27.9. The van der Waals surface area contributed by atoms with Crippen LogP contribution in [0.25, 0.3) is 35.1 Å². The molecule has 1 amide bonds. The van der Waals surface area contributed by atoms with Crippen LogP contribution in [0.15, 0.2) is 284 Å². The predicted molar refractivity (Wildman–Crippen MR) is 361 cm³/mol. The van der Waals surface area contributed by atoms with E-state index in [-0.39, 0.29) is 5.91 Å². The van der Waals surface area contributed by atoms with Gasteiger partial charge in [0.1, 0.15) is 34.5 Å². The molecule has 9 aromatic rings. The minimum Gasteiger partial charge on any atom is -0.465 e. The standard InChI is InChI=1S/C22H16O4.C19H16BrNO3.C17H14O5.C16H12O4S/c1-2-21(23)25-19-10-12-20(13-11-19)26-22(24)14-8-16-7-9-17-5-3-4-6-18(17)15-16;1-3-18(22)21(2)17-11-10-15(13-16(17)20)24-19(23)12-9-14-7-5-4-6-8-14;1-12(2)17(19)22-15-7-5-14(6-8-15)21-16(18)10-9-13-4-3-11-20-13;1-2-13(17)19-15-10-11-16(21-15)20-14(18)9-8-12-6-4-3-5-7-12/h2-15H,1H2;3-13H,1H2,2H3;3-11H,1H2,2H3;2-11H,1H2/b14-8+;12-9+;10-9+;9-8+. The fourth-order valence-corrected chi connectivity index (χ4v) is 8.53. The zero-order valence-corrected chi connectivity index (χ0v) is 52.4. The maximum atomic E-state index is 12.0. The molecule has 0 aliphatic carbocycles. The van der Waals surface area contributed by atoms with Crippen molar-refractivity contribution >= 4 is 116 Å². The molecule has 2 aromatic heterocycles. The Morgan fingerprint density at radius 1 is 0.430 bits per heavy atom. The van der Waals surface area contributed by atoms with Gasteiger partial charge in [-0.05, 0) is 178 Å². The lowest BCUT2D eigenvalue weighted by atomic mass is 10.1. The monoisotopic (exact) mass is 1330 g/mol. The van der Waals surface area contributed by atoms with Crippen LogP contribution in [-0.2, 0) is 38.4 Å². The van der Waals surface area contributed by atoms with Gasteiger partial charge in [-0.3, -0.25) is 4.79 Å². The summed E-state index contributed by atoms with van der Waals surface area (Å²) in [6.07, 6.45) is 16.8. The van der Waals surface area contributed by atoms with Gasteiger partial charge in [0.25, 0.3) is 0 Å². The molecular weight excluding hydrogens is 1270 g/mol. The largest absolute Gasteiger partial charge is 0.465 e. The molecule has 2 heterocycles. The highest BCUT2D eigenvalue weighted by atomic mass is 79.9. The van der Waals surface area contributed by atoms with E-state index in [1.165, 1.54) is 84.0 Å². The number of hydrogen-bond acceptors (Lipinski definition) is 17. The number of furan rings is 1. The number of carbonyl (C=O) groups is 8. The summed E-state index contributed by atoms with van der Waals surface area (Å²) in [4.78, 5) is 93.6. The molecule has 7 aromatic carbocycles. The summed E-state index contributed by atoms with van der Waals surface area (Å²) in [7, 11) is 1.64. The average molecular weight is 1330 g/mol. The molecule has 468 valence electrons. The lowest BCUT2D eigenvalue weighted by Crippen LogP contribution is -2.24. The topological polar surface area (TPSA) is 218 Å². The summed E-state index contributed by atoms with van der Waals surface area (Å²) < 4.78 is 41.3. The second-order valence-electron chi connectivity index (χ2n) is 18.6. The Bertz CT molecular complexity index is 4220. The predicted octanol–water partition coefficient (Wildman–Crippen LogP) is 15.6. The number of ether oxygens (including phenoxy) is 7. The van der Waals surface area contributed by atoms with Crippen LogP contribution in [0.5, 0.6) is 38.9 Å². The number of likely N-dealkylation sites (N-methyl/N-ethyl adjacent to an activating group) is 1. The molecular formula is C74H58BrNO16S. The molecule has 0 bridgehead atoms. The number of esters is 7. The third-order valence-corrected chi connectivity index (χ3v) is 13.2. The number of fused-ring (bicyclic) bond motifs is 1. The van der Waals surface area contributed by atoms with E-state index >= 15 is 0 Å². The minimum atomic E-state index is -0.557. The zero-order chi connectivity index (χ0) is 66.9. The molecule has 0 aliphatic heterocycles. The fourth-order valence-electron chi connectivity index (χ4n) is 7.19. The highest BCUT2D eigenvalue weighted by Gasteiger charge is 2.14. The number of amides is 1. The molecule has 17 nitrogen and oxygen atoms in total. The van der Waals surface area contributed by atoms with Crippen molar-refractivity contribution in [3.63, 3.8) is 0 Å². The van der Waals surface area contributed by atoms with Crippen molar-refractivity contribution in [3.8, 4) is 38.9 Å². The van der Waals surface area contributed by atoms with E-state index in [0.717, 1.165) is 51.0 Å². The average Bonchev–Trinajstić information content (AvgIpc) is 1.95. The number of halogens is 1. The van der Waals surface area contributed by atoms with Gasteiger partial charge in [-0.1, -0.05) is 135 Å². The van der Waals surface area contributed by atoms with Crippen molar-refractivity contribution < 1.29 is 75.9 Å². The first-order valence-corrected chi connectivity index (χ1v) is 29.3. The Labute approximate surface area is 548 Å². The molecule has 0 fully saturated rings. The first-order valence-electron chi connectivity index (χ1n) is 27.6. The number of nitrogens with zero attached hydrogens (tertiary/aromatic N) is 1. The molecule has 0 spiro atoms. The van der Waals surface area contributed by atoms with Gasteiger partial charge in [-0.25, -0.2) is 33.6 Å². The molecule has 9 rings (SSSR count). The van der Waals surface area contributed by atoms with Crippen LogP contribution < -0.4 is 38.1 Å². The highest BCUT2D eigenvalue weighted by Crippen LogP contribution is 2.32. The number of thiophene rings is 1. The smallest absolute Gasteiger partial charge is 0.338 e. The van der Waals surface area contributed by atoms with Crippen molar-refractivity contribution in [2.24, 2.45) is 0 Å². The number of anilines is 1. The van der Waals surface area contributed by atoms with Crippen molar-refractivity contribution in [1.29, 1.82) is 0 Å². The van der Waals surface area contributed by atoms with E-state index in [2.05, 4.69) is 42.2 Å². The summed E-state index contributed by atoms with van der Waals surface area (Å²) in [5.41, 5.74) is 3.68. The molecule has 0 aliphatic rings. The Hall–Kier alpha value is -12.1. The van der Waals surface area contributed by atoms with E-state index in [4.69, 9.17) is 37.6 Å². The van der Waals surface area contributed by atoms with E-state index in [0.29, 0.717) is 60.4 Å². The van der Waals surface area contributed by atoms with Crippen LogP contribution >= 0.6 is 27.3 Å². The van der Waals surface area contributed by atoms with Gasteiger partial charge < -0.3 is 42.5 Å². The molecule has 0 saturated carbocycles. The number of hydrogen-bond donors (Lipinski definition) is 0.